The zero-order valence-electron chi connectivity index (χ0n) is 20.2. The van der Waals surface area contributed by atoms with Crippen LogP contribution in [0.25, 0.3) is 0 Å². The Morgan fingerprint density at radius 2 is 1.72 bits per heavy atom. The second kappa shape index (κ2) is 9.71. The van der Waals surface area contributed by atoms with Crippen molar-refractivity contribution in [3.05, 3.63) is 23.3 Å². The zero-order chi connectivity index (χ0) is 21.2. The highest BCUT2D eigenvalue weighted by Gasteiger charge is 2.50. The molecular formula is C28H48O. The van der Waals surface area contributed by atoms with Gasteiger partial charge in [0, 0.05) is 0 Å². The maximum atomic E-state index is 10.1. The van der Waals surface area contributed by atoms with Crippen LogP contribution in [0.3, 0.4) is 0 Å². The van der Waals surface area contributed by atoms with E-state index in [-0.39, 0.29) is 6.10 Å². The van der Waals surface area contributed by atoms with Gasteiger partial charge in [-0.15, -0.1) is 0 Å². The first kappa shape index (κ1) is 23.1. The van der Waals surface area contributed by atoms with Crippen molar-refractivity contribution in [2.75, 3.05) is 0 Å². The predicted molar refractivity (Wildman–Crippen MR) is 126 cm³/mol. The Bertz CT molecular complexity index is 599. The number of fused-ring (bicyclic) bond motifs is 1. The Hall–Kier alpha value is -0.560. The molecular weight excluding hydrogens is 352 g/mol. The maximum absolute atomic E-state index is 10.1. The monoisotopic (exact) mass is 400 g/mol. The van der Waals surface area contributed by atoms with E-state index in [2.05, 4.69) is 53.7 Å². The lowest BCUT2D eigenvalue weighted by Gasteiger charge is -2.44. The predicted octanol–water partition coefficient (Wildman–Crippen LogP) is 7.94. The van der Waals surface area contributed by atoms with Crippen LogP contribution in [0.1, 0.15) is 106 Å². The van der Waals surface area contributed by atoms with Crippen molar-refractivity contribution < 1.29 is 5.11 Å². The van der Waals surface area contributed by atoms with Crippen molar-refractivity contribution in [2.24, 2.45) is 40.9 Å². The van der Waals surface area contributed by atoms with Crippen molar-refractivity contribution in [3.8, 4) is 0 Å². The number of aliphatic hydroxyl groups is 1. The lowest BCUT2D eigenvalue weighted by Crippen LogP contribution is -2.36. The Balaban J connectivity index is 1.69. The summed E-state index contributed by atoms with van der Waals surface area (Å²) in [6, 6.07) is 0. The van der Waals surface area contributed by atoms with Gasteiger partial charge in [-0.25, -0.2) is 0 Å². The van der Waals surface area contributed by atoms with Gasteiger partial charge in [0.15, 0.2) is 0 Å². The lowest BCUT2D eigenvalue weighted by atomic mass is 9.60. The van der Waals surface area contributed by atoms with Gasteiger partial charge in [0.25, 0.3) is 0 Å². The second-order valence-electron chi connectivity index (χ2n) is 11.7. The molecule has 0 heterocycles. The molecule has 7 atom stereocenters. The van der Waals surface area contributed by atoms with E-state index in [1.54, 1.807) is 5.57 Å². The van der Waals surface area contributed by atoms with Crippen LogP contribution >= 0.6 is 0 Å². The summed E-state index contributed by atoms with van der Waals surface area (Å²) in [7, 11) is 0. The minimum atomic E-state index is -0.114. The molecule has 0 aromatic carbocycles. The second-order valence-corrected chi connectivity index (χ2v) is 11.7. The molecule has 29 heavy (non-hydrogen) atoms. The van der Waals surface area contributed by atoms with Crippen molar-refractivity contribution in [1.82, 2.24) is 0 Å². The molecule has 3 aliphatic carbocycles. The van der Waals surface area contributed by atoms with Gasteiger partial charge in [0.1, 0.15) is 0 Å². The van der Waals surface area contributed by atoms with E-state index in [4.69, 9.17) is 0 Å². The number of hydrogen-bond donors (Lipinski definition) is 1. The highest BCUT2D eigenvalue weighted by molar-refractivity contribution is 5.26. The van der Waals surface area contributed by atoms with Crippen LogP contribution in [0.15, 0.2) is 23.3 Å². The third-order valence-corrected chi connectivity index (χ3v) is 9.49. The Labute approximate surface area is 181 Å². The summed E-state index contributed by atoms with van der Waals surface area (Å²) < 4.78 is 0. The van der Waals surface area contributed by atoms with Crippen molar-refractivity contribution in [2.45, 2.75) is 112 Å². The molecule has 1 heteroatoms. The first-order valence-electron chi connectivity index (χ1n) is 12.8. The van der Waals surface area contributed by atoms with Gasteiger partial charge in [0.2, 0.25) is 0 Å². The molecule has 0 amide bonds. The average Bonchev–Trinajstić information content (AvgIpc) is 3.04. The highest BCUT2D eigenvalue weighted by Crippen LogP contribution is 2.60. The molecule has 7 unspecified atom stereocenters. The van der Waals surface area contributed by atoms with E-state index in [9.17, 15) is 5.11 Å². The van der Waals surface area contributed by atoms with Crippen LogP contribution < -0.4 is 0 Å². The van der Waals surface area contributed by atoms with Crippen molar-refractivity contribution in [3.63, 3.8) is 0 Å². The third-order valence-electron chi connectivity index (χ3n) is 9.49. The third kappa shape index (κ3) is 5.20. The molecule has 3 saturated carbocycles. The smallest absolute Gasteiger partial charge is 0.0577 e. The molecule has 1 nitrogen and oxygen atoms in total. The SMILES string of the molecule is CC1CCC(O)C/C1=C/C=C1/CCCC2(C)C1CCC2C(C)CCC(C)C(C)C. The molecule has 3 fully saturated rings. The molecule has 0 saturated heterocycles. The Morgan fingerprint density at radius 3 is 2.45 bits per heavy atom. The fourth-order valence-corrected chi connectivity index (χ4v) is 6.92. The molecule has 0 aromatic heterocycles. The van der Waals surface area contributed by atoms with Crippen LogP contribution in [0.4, 0.5) is 0 Å². The van der Waals surface area contributed by atoms with E-state index in [1.807, 2.05) is 0 Å². The molecule has 166 valence electrons. The molecule has 0 aromatic rings. The summed E-state index contributed by atoms with van der Waals surface area (Å²) in [5, 5.41) is 10.1. The van der Waals surface area contributed by atoms with E-state index in [1.165, 1.54) is 50.5 Å². The van der Waals surface area contributed by atoms with Crippen molar-refractivity contribution >= 4 is 0 Å². The summed E-state index contributed by atoms with van der Waals surface area (Å²) in [4.78, 5) is 0. The lowest BCUT2D eigenvalue weighted by molar-refractivity contribution is 0.0907. The van der Waals surface area contributed by atoms with Gasteiger partial charge in [-0.3, -0.25) is 0 Å². The largest absolute Gasteiger partial charge is 0.393 e. The van der Waals surface area contributed by atoms with E-state index in [0.717, 1.165) is 48.9 Å². The van der Waals surface area contributed by atoms with E-state index >= 15 is 0 Å². The minimum absolute atomic E-state index is 0.114. The highest BCUT2D eigenvalue weighted by atomic mass is 16.3. The number of hydrogen-bond acceptors (Lipinski definition) is 1. The van der Waals surface area contributed by atoms with Crippen LogP contribution in [-0.2, 0) is 0 Å². The van der Waals surface area contributed by atoms with Crippen LogP contribution in [-0.4, -0.2) is 11.2 Å². The van der Waals surface area contributed by atoms with Crippen LogP contribution in [0.5, 0.6) is 0 Å². The average molecular weight is 401 g/mol. The molecule has 3 aliphatic rings. The number of allylic oxidation sites excluding steroid dienone is 3. The van der Waals surface area contributed by atoms with Gasteiger partial charge in [-0.2, -0.15) is 0 Å². The van der Waals surface area contributed by atoms with Gasteiger partial charge >= 0.3 is 0 Å². The Morgan fingerprint density at radius 1 is 1.00 bits per heavy atom. The quantitative estimate of drug-likeness (QED) is 0.479. The summed E-state index contributed by atoms with van der Waals surface area (Å²) in [5.41, 5.74) is 3.72. The molecule has 0 bridgehead atoms. The molecule has 1 N–H and O–H groups in total. The first-order chi connectivity index (χ1) is 13.7. The van der Waals surface area contributed by atoms with Gasteiger partial charge in [-0.1, -0.05) is 77.7 Å². The Kier molecular flexibility index (Phi) is 7.74. The zero-order valence-corrected chi connectivity index (χ0v) is 20.2. The van der Waals surface area contributed by atoms with E-state index in [0.29, 0.717) is 11.3 Å². The first-order valence-corrected chi connectivity index (χ1v) is 12.8. The summed E-state index contributed by atoms with van der Waals surface area (Å²) >= 11 is 0. The topological polar surface area (TPSA) is 20.2 Å². The molecule has 0 spiro atoms. The fraction of sp³-hybridized carbons (Fsp3) is 0.857. The summed E-state index contributed by atoms with van der Waals surface area (Å²) in [6.45, 7) is 14.7. The summed E-state index contributed by atoms with van der Waals surface area (Å²) in [5.74, 6) is 4.86. The van der Waals surface area contributed by atoms with E-state index < -0.39 is 0 Å². The van der Waals surface area contributed by atoms with Crippen LogP contribution in [0, 0.1) is 40.9 Å². The van der Waals surface area contributed by atoms with Gasteiger partial charge in [-0.05, 0) is 92.3 Å². The molecule has 0 radical (unpaired) electrons. The maximum Gasteiger partial charge on any atom is 0.0577 e. The standard InChI is InChI=1S/C28H48O/c1-19(2)20(3)9-10-22(5)26-15-16-27-23(8-7-17-28(26,27)6)12-13-24-18-25(29)14-11-21(24)4/h12-13,19-22,25-27,29H,7-11,14-18H2,1-6H3/b23-12-,24-13-. The van der Waals surface area contributed by atoms with Crippen LogP contribution in [0.2, 0.25) is 0 Å². The number of aliphatic hydroxyl groups excluding tert-OH is 1. The number of rotatable bonds is 6. The molecule has 0 aliphatic heterocycles. The van der Waals surface area contributed by atoms with Gasteiger partial charge in [0.05, 0.1) is 6.10 Å². The normalized spacial score (nSPS) is 40.4. The minimum Gasteiger partial charge on any atom is -0.393 e. The molecule has 3 rings (SSSR count). The summed E-state index contributed by atoms with van der Waals surface area (Å²) in [6.07, 6.45) is 17.5. The van der Waals surface area contributed by atoms with Gasteiger partial charge < -0.3 is 5.11 Å². The fourth-order valence-electron chi connectivity index (χ4n) is 6.92. The van der Waals surface area contributed by atoms with Crippen molar-refractivity contribution in [1.29, 1.82) is 0 Å².